The van der Waals surface area contributed by atoms with Crippen molar-refractivity contribution in [3.05, 3.63) is 82.7 Å². The van der Waals surface area contributed by atoms with E-state index >= 15 is 0 Å². The normalized spacial score (nSPS) is 16.4. The molecule has 1 aromatic heterocycles. The van der Waals surface area contributed by atoms with Crippen LogP contribution in [0.3, 0.4) is 0 Å². The second kappa shape index (κ2) is 12.7. The van der Waals surface area contributed by atoms with Crippen molar-refractivity contribution in [3.63, 3.8) is 0 Å². The zero-order valence-electron chi connectivity index (χ0n) is 21.7. The molecule has 0 saturated heterocycles. The summed E-state index contributed by atoms with van der Waals surface area (Å²) in [5.41, 5.74) is 4.36. The average molecular weight is 490 g/mol. The van der Waals surface area contributed by atoms with E-state index in [-0.39, 0.29) is 12.6 Å². The van der Waals surface area contributed by atoms with Gasteiger partial charge in [-0.05, 0) is 52.1 Å². The number of allylic oxidation sites excluding steroid dienone is 1. The van der Waals surface area contributed by atoms with Crippen molar-refractivity contribution in [2.45, 2.75) is 39.4 Å². The molecule has 2 heterocycles. The number of pyridine rings is 1. The van der Waals surface area contributed by atoms with Crippen LogP contribution in [-0.2, 0) is 6.54 Å². The Hall–Kier alpha value is -3.85. The molecule has 0 aliphatic carbocycles. The fourth-order valence-corrected chi connectivity index (χ4v) is 3.67. The van der Waals surface area contributed by atoms with Gasteiger partial charge in [0.2, 0.25) is 0 Å². The zero-order chi connectivity index (χ0) is 26.1. The first-order valence-corrected chi connectivity index (χ1v) is 12.0. The molecule has 0 spiro atoms. The number of nitroso groups, excluding NO2 is 1. The van der Waals surface area contributed by atoms with Crippen molar-refractivity contribution in [3.8, 4) is 5.75 Å². The fraction of sp³-hybridized carbons (Fsp3) is 0.370. The third-order valence-corrected chi connectivity index (χ3v) is 5.79. The molecule has 0 saturated carbocycles. The summed E-state index contributed by atoms with van der Waals surface area (Å²) < 4.78 is 5.80. The Kier molecular flexibility index (Phi) is 9.46. The van der Waals surface area contributed by atoms with Crippen LogP contribution >= 0.6 is 0 Å². The number of nitrogens with zero attached hydrogens (tertiary/aromatic N) is 6. The van der Waals surface area contributed by atoms with Crippen molar-refractivity contribution in [1.29, 1.82) is 0 Å². The van der Waals surface area contributed by atoms with Crippen LogP contribution in [0, 0.1) is 4.91 Å². The van der Waals surface area contributed by atoms with Gasteiger partial charge < -0.3 is 15.0 Å². The Balaban J connectivity index is 1.84. The highest BCUT2D eigenvalue weighted by molar-refractivity contribution is 6.19. The van der Waals surface area contributed by atoms with Crippen LogP contribution in [0.15, 0.2) is 81.8 Å². The predicted octanol–water partition coefficient (Wildman–Crippen LogP) is 4.30. The van der Waals surface area contributed by atoms with Gasteiger partial charge in [-0.25, -0.2) is 10.0 Å². The first-order valence-electron chi connectivity index (χ1n) is 12.0. The number of nitrogens with one attached hydrogen (secondary N) is 1. The van der Waals surface area contributed by atoms with Gasteiger partial charge in [0.25, 0.3) is 0 Å². The second-order valence-corrected chi connectivity index (χ2v) is 8.90. The standard InChI is InChI=1S/C27H35N7O2/c1-19(2)34-27(26(16-30-34)21(4)33(6)17-23-11-7-8-13-29-23)31-20(3)22-10-9-12-25(14-22)36-18-24(32-35)15-28-5/h7-14,16,19,24,28H,3,15,17-18H2,1-2,4-6H3/b26-21+,31-27+/t24-/m0/s1. The van der Waals surface area contributed by atoms with E-state index in [2.05, 4.69) is 52.8 Å². The Morgan fingerprint density at radius 2 is 2.06 bits per heavy atom. The van der Waals surface area contributed by atoms with Gasteiger partial charge in [0.1, 0.15) is 18.4 Å². The summed E-state index contributed by atoms with van der Waals surface area (Å²) in [5, 5.41) is 12.6. The number of hydrazone groups is 1. The van der Waals surface area contributed by atoms with E-state index in [1.165, 1.54) is 0 Å². The van der Waals surface area contributed by atoms with Crippen LogP contribution in [0.1, 0.15) is 32.0 Å². The molecule has 1 N–H and O–H groups in total. The molecule has 0 fully saturated rings. The molecule has 1 atom stereocenters. The predicted molar refractivity (Wildman–Crippen MR) is 146 cm³/mol. The van der Waals surface area contributed by atoms with Gasteiger partial charge in [0, 0.05) is 37.1 Å². The summed E-state index contributed by atoms with van der Waals surface area (Å²) in [6.07, 6.45) is 3.65. The molecule has 0 bridgehead atoms. The Bertz CT molecular complexity index is 1140. The van der Waals surface area contributed by atoms with Crippen molar-refractivity contribution in [2.24, 2.45) is 15.3 Å². The summed E-state index contributed by atoms with van der Waals surface area (Å²) in [7, 11) is 3.81. The van der Waals surface area contributed by atoms with Gasteiger partial charge in [0.05, 0.1) is 29.7 Å². The quantitative estimate of drug-likeness (QED) is 0.447. The SMILES string of the molecule is C=C(/N=C1\C(=C(/C)N(C)Cc2ccccn2)C=NN1C(C)C)c1cccc(OC[C@H](CNC)N=O)c1. The molecule has 190 valence electrons. The summed E-state index contributed by atoms with van der Waals surface area (Å²) in [6.45, 7) is 11.7. The number of benzene rings is 1. The summed E-state index contributed by atoms with van der Waals surface area (Å²) in [4.78, 5) is 22.5. The van der Waals surface area contributed by atoms with Crippen LogP contribution in [0.25, 0.3) is 5.70 Å². The molecule has 1 aliphatic heterocycles. The number of ether oxygens (including phenoxy) is 1. The van der Waals surface area contributed by atoms with Gasteiger partial charge in [-0.3, -0.25) is 4.98 Å². The van der Waals surface area contributed by atoms with Gasteiger partial charge >= 0.3 is 0 Å². The number of aromatic nitrogens is 1. The highest BCUT2D eigenvalue weighted by Crippen LogP contribution is 2.25. The van der Waals surface area contributed by atoms with E-state index in [9.17, 15) is 4.91 Å². The van der Waals surface area contributed by atoms with Crippen LogP contribution in [0.2, 0.25) is 0 Å². The topological polar surface area (TPSA) is 94.8 Å². The minimum atomic E-state index is -0.462. The lowest BCUT2D eigenvalue weighted by Gasteiger charge is -2.24. The summed E-state index contributed by atoms with van der Waals surface area (Å²) >= 11 is 0. The van der Waals surface area contributed by atoms with Gasteiger partial charge in [-0.1, -0.05) is 30.0 Å². The minimum absolute atomic E-state index is 0.119. The molecule has 9 heteroatoms. The monoisotopic (exact) mass is 489 g/mol. The van der Waals surface area contributed by atoms with Crippen LogP contribution in [-0.4, -0.2) is 66.3 Å². The maximum Gasteiger partial charge on any atom is 0.160 e. The minimum Gasteiger partial charge on any atom is -0.491 e. The van der Waals surface area contributed by atoms with Crippen molar-refractivity contribution in [2.75, 3.05) is 27.2 Å². The van der Waals surface area contributed by atoms with Crippen LogP contribution < -0.4 is 10.1 Å². The maximum absolute atomic E-state index is 11.0. The number of hydrogen-bond acceptors (Lipinski definition) is 8. The Morgan fingerprint density at radius 3 is 2.72 bits per heavy atom. The number of rotatable bonds is 12. The van der Waals surface area contributed by atoms with E-state index in [0.717, 1.165) is 28.4 Å². The fourth-order valence-electron chi connectivity index (χ4n) is 3.67. The maximum atomic E-state index is 11.0. The number of likely N-dealkylation sites (N-methyl/N-ethyl adjacent to an activating group) is 1. The molecule has 3 rings (SSSR count). The lowest BCUT2D eigenvalue weighted by molar-refractivity contribution is 0.286. The van der Waals surface area contributed by atoms with Gasteiger partial charge in [-0.2, -0.15) is 10.0 Å². The van der Waals surface area contributed by atoms with E-state index < -0.39 is 6.04 Å². The molecule has 0 amide bonds. The van der Waals surface area contributed by atoms with E-state index in [1.54, 1.807) is 13.2 Å². The molecule has 0 radical (unpaired) electrons. The lowest BCUT2D eigenvalue weighted by Crippen LogP contribution is -2.31. The van der Waals surface area contributed by atoms with Gasteiger partial charge in [-0.15, -0.1) is 0 Å². The molecule has 0 unspecified atom stereocenters. The van der Waals surface area contributed by atoms with Crippen LogP contribution in [0.4, 0.5) is 0 Å². The second-order valence-electron chi connectivity index (χ2n) is 8.90. The van der Waals surface area contributed by atoms with Crippen molar-refractivity contribution >= 4 is 17.7 Å². The van der Waals surface area contributed by atoms with Gasteiger partial charge in [0.15, 0.2) is 5.84 Å². The lowest BCUT2D eigenvalue weighted by atomic mass is 10.1. The number of amidine groups is 1. The van der Waals surface area contributed by atoms with Crippen LogP contribution in [0.5, 0.6) is 5.75 Å². The smallest absolute Gasteiger partial charge is 0.160 e. The molecular weight excluding hydrogens is 454 g/mol. The third-order valence-electron chi connectivity index (χ3n) is 5.79. The van der Waals surface area contributed by atoms with Crippen molar-refractivity contribution < 1.29 is 4.74 Å². The third kappa shape index (κ3) is 6.85. The first-order chi connectivity index (χ1) is 17.3. The molecule has 2 aromatic rings. The summed E-state index contributed by atoms with van der Waals surface area (Å²) in [6, 6.07) is 13.1. The molecular formula is C27H35N7O2. The Labute approximate surface area is 213 Å². The number of aliphatic imine (C=N–C) groups is 1. The average Bonchev–Trinajstić information content (AvgIpc) is 3.30. The first kappa shape index (κ1) is 26.7. The summed E-state index contributed by atoms with van der Waals surface area (Å²) in [5.74, 6) is 1.37. The molecule has 1 aromatic carbocycles. The largest absolute Gasteiger partial charge is 0.491 e. The van der Waals surface area contributed by atoms with E-state index in [0.29, 0.717) is 24.5 Å². The van der Waals surface area contributed by atoms with E-state index in [4.69, 9.17) is 9.73 Å². The molecule has 9 nitrogen and oxygen atoms in total. The highest BCUT2D eigenvalue weighted by atomic mass is 16.5. The van der Waals surface area contributed by atoms with Crippen molar-refractivity contribution in [1.82, 2.24) is 20.2 Å². The van der Waals surface area contributed by atoms with E-state index in [1.807, 2.05) is 60.7 Å². The molecule has 36 heavy (non-hydrogen) atoms. The number of hydrogen-bond donors (Lipinski definition) is 1. The zero-order valence-corrected chi connectivity index (χ0v) is 21.7. The highest BCUT2D eigenvalue weighted by Gasteiger charge is 2.26. The Morgan fingerprint density at radius 1 is 1.25 bits per heavy atom. The molecule has 1 aliphatic rings.